The van der Waals surface area contributed by atoms with Crippen LogP contribution in [0, 0.1) is 5.82 Å². The number of benzene rings is 1. The summed E-state index contributed by atoms with van der Waals surface area (Å²) in [7, 11) is 0. The number of nitrogens with zero attached hydrogens (tertiary/aromatic N) is 1. The molecule has 20 heavy (non-hydrogen) atoms. The molecule has 1 N–H and O–H groups in total. The Kier molecular flexibility index (Phi) is 4.35. The van der Waals surface area contributed by atoms with Crippen LogP contribution in [0.25, 0.3) is 0 Å². The zero-order valence-corrected chi connectivity index (χ0v) is 12.5. The van der Waals surface area contributed by atoms with Crippen LogP contribution in [0.1, 0.15) is 44.7 Å². The lowest BCUT2D eigenvalue weighted by Crippen LogP contribution is -2.50. The quantitative estimate of drug-likeness (QED) is 0.917. The third-order valence-corrected chi connectivity index (χ3v) is 4.73. The van der Waals surface area contributed by atoms with Crippen molar-refractivity contribution in [3.63, 3.8) is 0 Å². The van der Waals surface area contributed by atoms with Gasteiger partial charge in [-0.15, -0.1) is 0 Å². The summed E-state index contributed by atoms with van der Waals surface area (Å²) in [6.45, 7) is 4.54. The third-order valence-electron chi connectivity index (χ3n) is 4.40. The lowest BCUT2D eigenvalue weighted by Gasteiger charge is -2.38. The molecule has 0 amide bonds. The van der Waals surface area contributed by atoms with Gasteiger partial charge < -0.3 is 5.11 Å². The summed E-state index contributed by atoms with van der Waals surface area (Å²) in [5, 5.41) is 9.96. The Bertz CT molecular complexity index is 523. The standard InChI is InChI=1S/C15H19ClFNO2/c1-3-15(14(19)20)7-4-8-18(15)10(2)12-6-5-11(17)9-13(12)16/h5-6,9-10H,3-4,7-8H2,1-2H3,(H,19,20). The van der Waals surface area contributed by atoms with Crippen LogP contribution in [-0.4, -0.2) is 28.1 Å². The van der Waals surface area contributed by atoms with Crippen molar-refractivity contribution in [1.82, 2.24) is 4.90 Å². The van der Waals surface area contributed by atoms with Crippen LogP contribution in [0.4, 0.5) is 4.39 Å². The van der Waals surface area contributed by atoms with Gasteiger partial charge in [-0.2, -0.15) is 0 Å². The lowest BCUT2D eigenvalue weighted by molar-refractivity contribution is -0.151. The predicted octanol–water partition coefficient (Wildman–Crippen LogP) is 3.87. The Morgan fingerprint density at radius 3 is 2.85 bits per heavy atom. The summed E-state index contributed by atoms with van der Waals surface area (Å²) in [6.07, 6.45) is 2.04. The van der Waals surface area contributed by atoms with E-state index in [4.69, 9.17) is 11.6 Å². The monoisotopic (exact) mass is 299 g/mol. The maximum Gasteiger partial charge on any atom is 0.324 e. The largest absolute Gasteiger partial charge is 0.480 e. The highest BCUT2D eigenvalue weighted by atomic mass is 35.5. The Hall–Kier alpha value is -1.13. The molecule has 0 aliphatic carbocycles. The first-order chi connectivity index (χ1) is 9.42. The molecule has 1 aromatic carbocycles. The smallest absolute Gasteiger partial charge is 0.324 e. The summed E-state index contributed by atoms with van der Waals surface area (Å²) < 4.78 is 13.1. The van der Waals surface area contributed by atoms with Crippen molar-refractivity contribution < 1.29 is 14.3 Å². The highest BCUT2D eigenvalue weighted by molar-refractivity contribution is 6.31. The summed E-state index contributed by atoms with van der Waals surface area (Å²) in [5.74, 6) is -1.17. The molecule has 0 aromatic heterocycles. The van der Waals surface area contributed by atoms with Crippen molar-refractivity contribution in [3.05, 3.63) is 34.6 Å². The second-order valence-corrected chi connectivity index (χ2v) is 5.74. The Morgan fingerprint density at radius 2 is 2.30 bits per heavy atom. The number of halogens is 2. The van der Waals surface area contributed by atoms with E-state index in [2.05, 4.69) is 0 Å². The van der Waals surface area contributed by atoms with Crippen molar-refractivity contribution in [1.29, 1.82) is 0 Å². The number of rotatable bonds is 4. The molecule has 0 radical (unpaired) electrons. The van der Waals surface area contributed by atoms with E-state index in [9.17, 15) is 14.3 Å². The number of hydrogen-bond acceptors (Lipinski definition) is 2. The van der Waals surface area contributed by atoms with Crippen LogP contribution in [0.3, 0.4) is 0 Å². The van der Waals surface area contributed by atoms with Crippen LogP contribution in [0.2, 0.25) is 5.02 Å². The molecule has 3 nitrogen and oxygen atoms in total. The maximum absolute atomic E-state index is 13.1. The van der Waals surface area contributed by atoms with Gasteiger partial charge in [0, 0.05) is 11.1 Å². The van der Waals surface area contributed by atoms with E-state index in [0.29, 0.717) is 17.9 Å². The second-order valence-electron chi connectivity index (χ2n) is 5.33. The first-order valence-electron chi connectivity index (χ1n) is 6.87. The van der Waals surface area contributed by atoms with Gasteiger partial charge in [-0.1, -0.05) is 24.6 Å². The number of likely N-dealkylation sites (tertiary alicyclic amines) is 1. The van der Waals surface area contributed by atoms with Crippen molar-refractivity contribution >= 4 is 17.6 Å². The molecule has 1 aliphatic rings. The lowest BCUT2D eigenvalue weighted by atomic mass is 9.91. The Balaban J connectivity index is 2.36. The summed E-state index contributed by atoms with van der Waals surface area (Å²) in [4.78, 5) is 13.7. The molecule has 0 saturated carbocycles. The number of carboxylic acids is 1. The summed E-state index contributed by atoms with van der Waals surface area (Å²) in [6, 6.07) is 4.13. The number of aliphatic carboxylic acids is 1. The van der Waals surface area contributed by atoms with Crippen LogP contribution in [0.5, 0.6) is 0 Å². The van der Waals surface area contributed by atoms with E-state index >= 15 is 0 Å². The van der Waals surface area contributed by atoms with Crippen LogP contribution in [-0.2, 0) is 4.79 Å². The van der Waals surface area contributed by atoms with Gasteiger partial charge in [0.25, 0.3) is 0 Å². The highest BCUT2D eigenvalue weighted by Crippen LogP contribution is 2.40. The third kappa shape index (κ3) is 2.42. The molecular weight excluding hydrogens is 281 g/mol. The molecule has 0 spiro atoms. The normalized spacial score (nSPS) is 24.8. The molecule has 1 saturated heterocycles. The maximum atomic E-state index is 13.1. The van der Waals surface area contributed by atoms with Gasteiger partial charge in [-0.05, 0) is 50.4 Å². The van der Waals surface area contributed by atoms with Gasteiger partial charge in [0.05, 0.1) is 0 Å². The van der Waals surface area contributed by atoms with Gasteiger partial charge in [-0.3, -0.25) is 9.69 Å². The van der Waals surface area contributed by atoms with Crippen LogP contribution >= 0.6 is 11.6 Å². The number of carboxylic acid groups (broad SMARTS) is 1. The van der Waals surface area contributed by atoms with Gasteiger partial charge in [0.2, 0.25) is 0 Å². The summed E-state index contributed by atoms with van der Waals surface area (Å²) in [5.41, 5.74) is -0.0639. The molecule has 2 atom stereocenters. The minimum Gasteiger partial charge on any atom is -0.480 e. The summed E-state index contributed by atoms with van der Waals surface area (Å²) >= 11 is 6.10. The molecule has 1 aromatic rings. The second kappa shape index (κ2) is 5.70. The number of hydrogen-bond donors (Lipinski definition) is 1. The minimum atomic E-state index is -0.836. The molecular formula is C15H19ClFNO2. The fourth-order valence-corrected chi connectivity index (χ4v) is 3.56. The minimum absolute atomic E-state index is 0.151. The van der Waals surface area contributed by atoms with Gasteiger partial charge >= 0.3 is 5.97 Å². The van der Waals surface area contributed by atoms with Crippen LogP contribution < -0.4 is 0 Å². The number of carbonyl (C=O) groups is 1. The Labute approximate surface area is 123 Å². The predicted molar refractivity (Wildman–Crippen MR) is 76.4 cm³/mol. The Morgan fingerprint density at radius 1 is 1.60 bits per heavy atom. The van der Waals surface area contributed by atoms with Crippen molar-refractivity contribution in [2.75, 3.05) is 6.54 Å². The van der Waals surface area contributed by atoms with E-state index in [-0.39, 0.29) is 11.9 Å². The average molecular weight is 300 g/mol. The van der Waals surface area contributed by atoms with Gasteiger partial charge in [-0.25, -0.2) is 4.39 Å². The fourth-order valence-electron chi connectivity index (χ4n) is 3.23. The molecule has 2 unspecified atom stereocenters. The molecule has 2 rings (SSSR count). The van der Waals surface area contributed by atoms with Gasteiger partial charge in [0.15, 0.2) is 0 Å². The molecule has 1 aliphatic heterocycles. The molecule has 110 valence electrons. The van der Waals surface area contributed by atoms with Crippen LogP contribution in [0.15, 0.2) is 18.2 Å². The van der Waals surface area contributed by atoms with E-state index in [1.165, 1.54) is 12.1 Å². The fraction of sp³-hybridized carbons (Fsp3) is 0.533. The zero-order valence-electron chi connectivity index (χ0n) is 11.7. The van der Waals surface area contributed by atoms with E-state index < -0.39 is 11.5 Å². The first kappa shape index (κ1) is 15.3. The topological polar surface area (TPSA) is 40.5 Å². The SMILES string of the molecule is CCC1(C(=O)O)CCCN1C(C)c1ccc(F)cc1Cl. The molecule has 1 fully saturated rings. The molecule has 1 heterocycles. The average Bonchev–Trinajstić information content (AvgIpc) is 2.83. The first-order valence-corrected chi connectivity index (χ1v) is 7.25. The van der Waals surface area contributed by atoms with Crippen molar-refractivity contribution in [2.45, 2.75) is 44.7 Å². The van der Waals surface area contributed by atoms with Crippen molar-refractivity contribution in [2.24, 2.45) is 0 Å². The van der Waals surface area contributed by atoms with Gasteiger partial charge in [0.1, 0.15) is 11.4 Å². The van der Waals surface area contributed by atoms with E-state index in [1.54, 1.807) is 6.07 Å². The highest BCUT2D eigenvalue weighted by Gasteiger charge is 2.48. The van der Waals surface area contributed by atoms with Crippen molar-refractivity contribution in [3.8, 4) is 0 Å². The van der Waals surface area contributed by atoms with E-state index in [0.717, 1.165) is 18.5 Å². The molecule has 0 bridgehead atoms. The zero-order chi connectivity index (χ0) is 14.9. The van der Waals surface area contributed by atoms with E-state index in [1.807, 2.05) is 18.7 Å². The molecule has 5 heteroatoms.